The van der Waals surface area contributed by atoms with Crippen molar-refractivity contribution < 1.29 is 9.90 Å². The largest absolute Gasteiger partial charge is 0.396 e. The second-order valence-electron chi connectivity index (χ2n) is 3.92. The van der Waals surface area contributed by atoms with E-state index in [2.05, 4.69) is 0 Å². The van der Waals surface area contributed by atoms with Gasteiger partial charge in [-0.25, -0.2) is 0 Å². The predicted molar refractivity (Wildman–Crippen MR) is 56.3 cm³/mol. The van der Waals surface area contributed by atoms with Gasteiger partial charge >= 0.3 is 0 Å². The topological polar surface area (TPSA) is 40.5 Å². The van der Waals surface area contributed by atoms with Crippen molar-refractivity contribution in [2.75, 3.05) is 19.7 Å². The maximum absolute atomic E-state index is 11.6. The number of piperidine rings is 1. The molecule has 0 aromatic rings. The summed E-state index contributed by atoms with van der Waals surface area (Å²) in [6.07, 6.45) is 2.93. The average Bonchev–Trinajstić information content (AvgIpc) is 2.17. The molecule has 1 aliphatic heterocycles. The molecule has 0 spiro atoms. The number of halogens is 1. The zero-order valence-corrected chi connectivity index (χ0v) is 9.33. The first-order valence-corrected chi connectivity index (χ1v) is 5.62. The van der Waals surface area contributed by atoms with Gasteiger partial charge in [-0.2, -0.15) is 0 Å². The Balaban J connectivity index is 2.43. The molecule has 0 saturated carbocycles. The molecular formula is C10H18ClNO2. The first-order chi connectivity index (χ1) is 6.65. The monoisotopic (exact) mass is 219 g/mol. The number of hydrogen-bond acceptors (Lipinski definition) is 2. The van der Waals surface area contributed by atoms with Gasteiger partial charge in [0.1, 0.15) is 5.38 Å². The van der Waals surface area contributed by atoms with Crippen LogP contribution in [0.4, 0.5) is 0 Å². The van der Waals surface area contributed by atoms with Crippen molar-refractivity contribution in [3.63, 3.8) is 0 Å². The summed E-state index contributed by atoms with van der Waals surface area (Å²) in [6, 6.07) is 0. The zero-order chi connectivity index (χ0) is 10.6. The van der Waals surface area contributed by atoms with Crippen molar-refractivity contribution in [2.45, 2.75) is 31.6 Å². The van der Waals surface area contributed by atoms with Crippen molar-refractivity contribution in [3.8, 4) is 0 Å². The molecule has 4 heteroatoms. The quantitative estimate of drug-likeness (QED) is 0.726. The van der Waals surface area contributed by atoms with E-state index in [1.807, 2.05) is 4.90 Å². The number of nitrogens with zero attached hydrogens (tertiary/aromatic N) is 1. The molecule has 0 radical (unpaired) electrons. The molecule has 1 saturated heterocycles. The third-order valence-corrected chi connectivity index (χ3v) is 2.89. The van der Waals surface area contributed by atoms with E-state index >= 15 is 0 Å². The molecule has 0 bridgehead atoms. The lowest BCUT2D eigenvalue weighted by atomic mass is 9.95. The summed E-state index contributed by atoms with van der Waals surface area (Å²) in [5.41, 5.74) is 0. The number of amides is 1. The molecule has 14 heavy (non-hydrogen) atoms. The van der Waals surface area contributed by atoms with Gasteiger partial charge in [0.2, 0.25) is 5.91 Å². The molecule has 1 aliphatic rings. The maximum Gasteiger partial charge on any atom is 0.240 e. The fraction of sp³-hybridized carbons (Fsp3) is 0.900. The number of aliphatic hydroxyl groups excluding tert-OH is 1. The number of likely N-dealkylation sites (tertiary alicyclic amines) is 1. The van der Waals surface area contributed by atoms with Gasteiger partial charge in [-0.05, 0) is 32.1 Å². The summed E-state index contributed by atoms with van der Waals surface area (Å²) in [7, 11) is 0. The Hall–Kier alpha value is -0.280. The minimum atomic E-state index is -0.428. The fourth-order valence-corrected chi connectivity index (χ4v) is 2.07. The third kappa shape index (κ3) is 3.14. The number of rotatable bonds is 3. The third-order valence-electron chi connectivity index (χ3n) is 2.71. The molecule has 1 heterocycles. The van der Waals surface area contributed by atoms with Crippen molar-refractivity contribution in [3.05, 3.63) is 0 Å². The fourth-order valence-electron chi connectivity index (χ4n) is 1.94. The van der Waals surface area contributed by atoms with E-state index in [0.29, 0.717) is 5.92 Å². The lowest BCUT2D eigenvalue weighted by Gasteiger charge is -2.33. The highest BCUT2D eigenvalue weighted by Crippen LogP contribution is 2.20. The Morgan fingerprint density at radius 3 is 3.00 bits per heavy atom. The molecule has 0 aliphatic carbocycles. The molecule has 2 atom stereocenters. The SMILES string of the molecule is CC(Cl)C(=O)N1CCCC(CCO)C1. The lowest BCUT2D eigenvalue weighted by molar-refractivity contribution is -0.132. The van der Waals surface area contributed by atoms with Crippen molar-refractivity contribution in [1.82, 2.24) is 4.90 Å². The molecule has 1 rings (SSSR count). The van der Waals surface area contributed by atoms with Crippen LogP contribution in [-0.4, -0.2) is 41.0 Å². The van der Waals surface area contributed by atoms with Gasteiger partial charge in [-0.15, -0.1) is 11.6 Å². The van der Waals surface area contributed by atoms with Gasteiger partial charge in [0, 0.05) is 19.7 Å². The molecule has 0 aromatic carbocycles. The van der Waals surface area contributed by atoms with Crippen LogP contribution in [0.3, 0.4) is 0 Å². The van der Waals surface area contributed by atoms with Crippen LogP contribution in [0, 0.1) is 5.92 Å². The van der Waals surface area contributed by atoms with Crippen LogP contribution in [0.2, 0.25) is 0 Å². The van der Waals surface area contributed by atoms with E-state index in [4.69, 9.17) is 16.7 Å². The first-order valence-electron chi connectivity index (χ1n) is 5.19. The Morgan fingerprint density at radius 2 is 2.43 bits per heavy atom. The Kier molecular flexibility index (Phi) is 4.69. The Labute approximate surface area is 90.0 Å². The number of alkyl halides is 1. The highest BCUT2D eigenvalue weighted by molar-refractivity contribution is 6.30. The molecule has 82 valence electrons. The van der Waals surface area contributed by atoms with Crippen molar-refractivity contribution >= 4 is 17.5 Å². The maximum atomic E-state index is 11.6. The smallest absolute Gasteiger partial charge is 0.240 e. The molecule has 1 fully saturated rings. The van der Waals surface area contributed by atoms with Gasteiger partial charge in [0.15, 0.2) is 0 Å². The van der Waals surface area contributed by atoms with Crippen molar-refractivity contribution in [2.24, 2.45) is 5.92 Å². The molecule has 1 amide bonds. The minimum absolute atomic E-state index is 0.0225. The standard InChI is InChI=1S/C10H18ClNO2/c1-8(11)10(14)12-5-2-3-9(7-12)4-6-13/h8-9,13H,2-7H2,1H3. The van der Waals surface area contributed by atoms with Gasteiger partial charge in [0.05, 0.1) is 0 Å². The van der Waals surface area contributed by atoms with Gasteiger partial charge < -0.3 is 10.0 Å². The summed E-state index contributed by atoms with van der Waals surface area (Å²) < 4.78 is 0. The van der Waals surface area contributed by atoms with Gasteiger partial charge in [-0.1, -0.05) is 0 Å². The van der Waals surface area contributed by atoms with Gasteiger partial charge in [-0.3, -0.25) is 4.79 Å². The zero-order valence-electron chi connectivity index (χ0n) is 8.58. The molecule has 2 unspecified atom stereocenters. The van der Waals surface area contributed by atoms with E-state index < -0.39 is 5.38 Å². The first kappa shape index (κ1) is 11.8. The van der Waals surface area contributed by atoms with Crippen LogP contribution < -0.4 is 0 Å². The predicted octanol–water partition coefficient (Wildman–Crippen LogP) is 1.23. The van der Waals surface area contributed by atoms with E-state index in [9.17, 15) is 4.79 Å². The summed E-state index contributed by atoms with van der Waals surface area (Å²) >= 11 is 5.75. The molecule has 3 nitrogen and oxygen atoms in total. The highest BCUT2D eigenvalue weighted by Gasteiger charge is 2.25. The average molecular weight is 220 g/mol. The van der Waals surface area contributed by atoms with Crippen molar-refractivity contribution in [1.29, 1.82) is 0 Å². The van der Waals surface area contributed by atoms with E-state index in [1.165, 1.54) is 0 Å². The van der Waals surface area contributed by atoms with Crippen LogP contribution >= 0.6 is 11.6 Å². The van der Waals surface area contributed by atoms with E-state index in [-0.39, 0.29) is 12.5 Å². The summed E-state index contributed by atoms with van der Waals surface area (Å²) in [5.74, 6) is 0.474. The van der Waals surface area contributed by atoms with Crippen LogP contribution in [0.15, 0.2) is 0 Å². The van der Waals surface area contributed by atoms with Crippen LogP contribution in [0.5, 0.6) is 0 Å². The second kappa shape index (κ2) is 5.56. The summed E-state index contributed by atoms with van der Waals surface area (Å²) in [6.45, 7) is 3.50. The lowest BCUT2D eigenvalue weighted by Crippen LogP contribution is -2.43. The van der Waals surface area contributed by atoms with Crippen LogP contribution in [0.25, 0.3) is 0 Å². The number of carbonyl (C=O) groups excluding carboxylic acids is 1. The normalized spacial score (nSPS) is 24.8. The van der Waals surface area contributed by atoms with Crippen LogP contribution in [0.1, 0.15) is 26.2 Å². The van der Waals surface area contributed by atoms with Crippen LogP contribution in [-0.2, 0) is 4.79 Å². The van der Waals surface area contributed by atoms with E-state index in [0.717, 1.165) is 32.4 Å². The Bertz CT molecular complexity index is 195. The molecular weight excluding hydrogens is 202 g/mol. The number of hydrogen-bond donors (Lipinski definition) is 1. The summed E-state index contributed by atoms with van der Waals surface area (Å²) in [5, 5.41) is 8.40. The molecule has 0 aromatic heterocycles. The highest BCUT2D eigenvalue weighted by atomic mass is 35.5. The Morgan fingerprint density at radius 1 is 1.71 bits per heavy atom. The number of carbonyl (C=O) groups is 1. The minimum Gasteiger partial charge on any atom is -0.396 e. The van der Waals surface area contributed by atoms with E-state index in [1.54, 1.807) is 6.92 Å². The molecule has 1 N–H and O–H groups in total. The number of aliphatic hydroxyl groups is 1. The van der Waals surface area contributed by atoms with Gasteiger partial charge in [0.25, 0.3) is 0 Å². The summed E-state index contributed by atoms with van der Waals surface area (Å²) in [4.78, 5) is 13.4. The second-order valence-corrected chi connectivity index (χ2v) is 4.58.